The second kappa shape index (κ2) is 5.28. The van der Waals surface area contributed by atoms with Gasteiger partial charge in [-0.2, -0.15) is 0 Å². The fourth-order valence-corrected chi connectivity index (χ4v) is 2.36. The Morgan fingerprint density at radius 3 is 2.67 bits per heavy atom. The molecule has 0 aromatic heterocycles. The maximum absolute atomic E-state index is 5.61. The molecule has 0 aromatic rings. The number of hydrogen-bond acceptors (Lipinski definition) is 2. The average Bonchev–Trinajstić information content (AvgIpc) is 2.42. The predicted molar refractivity (Wildman–Crippen MR) is 56.3 cm³/mol. The van der Waals surface area contributed by atoms with E-state index in [4.69, 9.17) is 5.73 Å². The Morgan fingerprint density at radius 2 is 2.08 bits per heavy atom. The molecule has 0 aliphatic carbocycles. The zero-order valence-corrected chi connectivity index (χ0v) is 8.87. The fraction of sp³-hybridized carbons (Fsp3) is 1.00. The van der Waals surface area contributed by atoms with Gasteiger partial charge in [0.1, 0.15) is 0 Å². The fourth-order valence-electron chi connectivity index (χ4n) is 2.36. The highest BCUT2D eigenvalue weighted by Crippen LogP contribution is 2.30. The third-order valence-electron chi connectivity index (χ3n) is 2.93. The molecule has 0 bridgehead atoms. The first kappa shape index (κ1) is 12.5. The molecule has 0 saturated carbocycles. The standard InChI is InChI=1S/C8H16N2.2ClH/c9-5-7-4-8-2-1-3-10(8)6-7;;/h7-8H,1-6,9H2;2*1H. The molecule has 2 saturated heterocycles. The first-order chi connectivity index (χ1) is 4.90. The summed E-state index contributed by atoms with van der Waals surface area (Å²) < 4.78 is 0. The highest BCUT2D eigenvalue weighted by molar-refractivity contribution is 5.85. The van der Waals surface area contributed by atoms with Crippen LogP contribution in [0.3, 0.4) is 0 Å². The van der Waals surface area contributed by atoms with Crippen molar-refractivity contribution in [1.29, 1.82) is 0 Å². The van der Waals surface area contributed by atoms with Crippen molar-refractivity contribution in [2.45, 2.75) is 25.3 Å². The van der Waals surface area contributed by atoms with Crippen LogP contribution in [0.2, 0.25) is 0 Å². The number of rotatable bonds is 1. The Morgan fingerprint density at radius 1 is 1.33 bits per heavy atom. The molecule has 4 heteroatoms. The molecule has 12 heavy (non-hydrogen) atoms. The van der Waals surface area contributed by atoms with Gasteiger partial charge in [-0.3, -0.25) is 0 Å². The smallest absolute Gasteiger partial charge is 0.00994 e. The molecule has 2 N–H and O–H groups in total. The van der Waals surface area contributed by atoms with Crippen LogP contribution in [0.1, 0.15) is 19.3 Å². The van der Waals surface area contributed by atoms with E-state index in [1.54, 1.807) is 0 Å². The minimum Gasteiger partial charge on any atom is -0.330 e. The normalized spacial score (nSPS) is 33.8. The molecule has 74 valence electrons. The number of fused-ring (bicyclic) bond motifs is 1. The van der Waals surface area contributed by atoms with E-state index in [9.17, 15) is 0 Å². The molecule has 2 atom stereocenters. The van der Waals surface area contributed by atoms with E-state index in [0.717, 1.165) is 18.5 Å². The van der Waals surface area contributed by atoms with Gasteiger partial charge in [0.2, 0.25) is 0 Å². The van der Waals surface area contributed by atoms with Crippen LogP contribution in [0.25, 0.3) is 0 Å². The van der Waals surface area contributed by atoms with Crippen molar-refractivity contribution in [3.63, 3.8) is 0 Å². The van der Waals surface area contributed by atoms with Gasteiger partial charge < -0.3 is 10.6 Å². The number of nitrogens with zero attached hydrogens (tertiary/aromatic N) is 1. The summed E-state index contributed by atoms with van der Waals surface area (Å²) in [5.41, 5.74) is 5.61. The van der Waals surface area contributed by atoms with Crippen molar-refractivity contribution in [3.8, 4) is 0 Å². The van der Waals surface area contributed by atoms with Gasteiger partial charge in [0, 0.05) is 12.6 Å². The lowest BCUT2D eigenvalue weighted by Gasteiger charge is -2.12. The molecule has 0 radical (unpaired) electrons. The first-order valence-electron chi connectivity index (χ1n) is 4.34. The summed E-state index contributed by atoms with van der Waals surface area (Å²) in [5, 5.41) is 0. The molecular weight excluding hydrogens is 195 g/mol. The Hall–Kier alpha value is 0.500. The summed E-state index contributed by atoms with van der Waals surface area (Å²) in [5.74, 6) is 0.810. The molecule has 0 amide bonds. The van der Waals surface area contributed by atoms with Crippen LogP contribution in [-0.2, 0) is 0 Å². The van der Waals surface area contributed by atoms with Crippen LogP contribution in [0, 0.1) is 5.92 Å². The minimum atomic E-state index is 0. The Labute approximate surface area is 86.7 Å². The second-order valence-electron chi connectivity index (χ2n) is 3.63. The van der Waals surface area contributed by atoms with Crippen molar-refractivity contribution >= 4 is 24.8 Å². The summed E-state index contributed by atoms with van der Waals surface area (Å²) >= 11 is 0. The monoisotopic (exact) mass is 212 g/mol. The van der Waals surface area contributed by atoms with Crippen LogP contribution >= 0.6 is 24.8 Å². The van der Waals surface area contributed by atoms with Gasteiger partial charge in [-0.15, -0.1) is 24.8 Å². The summed E-state index contributed by atoms with van der Waals surface area (Å²) in [4.78, 5) is 2.61. The average molecular weight is 213 g/mol. The molecule has 2 unspecified atom stereocenters. The van der Waals surface area contributed by atoms with Crippen LogP contribution in [-0.4, -0.2) is 30.6 Å². The van der Waals surface area contributed by atoms with E-state index >= 15 is 0 Å². The van der Waals surface area contributed by atoms with E-state index in [0.29, 0.717) is 0 Å². The largest absolute Gasteiger partial charge is 0.330 e. The number of halogens is 2. The molecular formula is C8H18Cl2N2. The van der Waals surface area contributed by atoms with E-state index in [1.165, 1.54) is 32.4 Å². The topological polar surface area (TPSA) is 29.3 Å². The van der Waals surface area contributed by atoms with Crippen molar-refractivity contribution in [1.82, 2.24) is 4.90 Å². The number of hydrogen-bond donors (Lipinski definition) is 1. The lowest BCUT2D eigenvalue weighted by atomic mass is 10.0. The van der Waals surface area contributed by atoms with Crippen LogP contribution in [0.4, 0.5) is 0 Å². The zero-order valence-electron chi connectivity index (χ0n) is 7.24. The highest BCUT2D eigenvalue weighted by Gasteiger charge is 2.33. The summed E-state index contributed by atoms with van der Waals surface area (Å²) in [6.45, 7) is 3.51. The van der Waals surface area contributed by atoms with E-state index in [-0.39, 0.29) is 24.8 Å². The maximum Gasteiger partial charge on any atom is 0.00994 e. The summed E-state index contributed by atoms with van der Waals surface area (Å²) in [7, 11) is 0. The molecule has 2 rings (SSSR count). The van der Waals surface area contributed by atoms with Gasteiger partial charge in [0.25, 0.3) is 0 Å². The lowest BCUT2D eigenvalue weighted by Crippen LogP contribution is -2.23. The van der Waals surface area contributed by atoms with Gasteiger partial charge in [-0.05, 0) is 38.3 Å². The zero-order chi connectivity index (χ0) is 6.97. The van der Waals surface area contributed by atoms with Gasteiger partial charge in [0.05, 0.1) is 0 Å². The van der Waals surface area contributed by atoms with Crippen molar-refractivity contribution in [2.24, 2.45) is 11.7 Å². The maximum atomic E-state index is 5.61. The Balaban J connectivity index is 0.000000605. The molecule has 2 heterocycles. The highest BCUT2D eigenvalue weighted by atomic mass is 35.5. The number of nitrogens with two attached hydrogens (primary N) is 1. The van der Waals surface area contributed by atoms with Gasteiger partial charge in [-0.25, -0.2) is 0 Å². The van der Waals surface area contributed by atoms with Gasteiger partial charge >= 0.3 is 0 Å². The van der Waals surface area contributed by atoms with Gasteiger partial charge in [-0.1, -0.05) is 0 Å². The van der Waals surface area contributed by atoms with Crippen molar-refractivity contribution in [2.75, 3.05) is 19.6 Å². The van der Waals surface area contributed by atoms with Crippen LogP contribution < -0.4 is 5.73 Å². The molecule has 0 aromatic carbocycles. The Bertz CT molecular complexity index is 120. The summed E-state index contributed by atoms with van der Waals surface area (Å²) in [6, 6.07) is 0.911. The minimum absolute atomic E-state index is 0. The predicted octanol–water partition coefficient (Wildman–Crippen LogP) is 1.27. The van der Waals surface area contributed by atoms with Crippen LogP contribution in [0.5, 0.6) is 0 Å². The quantitative estimate of drug-likeness (QED) is 0.710. The van der Waals surface area contributed by atoms with Gasteiger partial charge in [0.15, 0.2) is 0 Å². The molecule has 2 aliphatic rings. The summed E-state index contributed by atoms with van der Waals surface area (Å²) in [6.07, 6.45) is 4.22. The SMILES string of the molecule is Cl.Cl.NCC1CC2CCCN2C1. The van der Waals surface area contributed by atoms with Crippen molar-refractivity contribution in [3.05, 3.63) is 0 Å². The van der Waals surface area contributed by atoms with Crippen LogP contribution in [0.15, 0.2) is 0 Å². The van der Waals surface area contributed by atoms with E-state index in [2.05, 4.69) is 4.90 Å². The molecule has 2 aliphatic heterocycles. The van der Waals surface area contributed by atoms with Crippen molar-refractivity contribution < 1.29 is 0 Å². The third kappa shape index (κ3) is 2.25. The second-order valence-corrected chi connectivity index (χ2v) is 3.63. The molecule has 2 fully saturated rings. The third-order valence-corrected chi connectivity index (χ3v) is 2.93. The van der Waals surface area contributed by atoms with E-state index < -0.39 is 0 Å². The van der Waals surface area contributed by atoms with E-state index in [1.807, 2.05) is 0 Å². The lowest BCUT2D eigenvalue weighted by molar-refractivity contribution is 0.318. The molecule has 0 spiro atoms. The molecule has 2 nitrogen and oxygen atoms in total. The Kier molecular flexibility index (Phi) is 5.50. The first-order valence-corrected chi connectivity index (χ1v) is 4.34.